The molecule has 122 valence electrons. The average molecular weight is 358 g/mol. The van der Waals surface area contributed by atoms with E-state index in [0.29, 0.717) is 22.1 Å². The van der Waals surface area contributed by atoms with Crippen molar-refractivity contribution in [1.29, 1.82) is 0 Å². The molecule has 0 spiro atoms. The third-order valence-electron chi connectivity index (χ3n) is 3.23. The molecule has 1 aromatic carbocycles. The van der Waals surface area contributed by atoms with Gasteiger partial charge in [-0.3, -0.25) is 9.59 Å². The average Bonchev–Trinajstić information content (AvgIpc) is 3.24. The number of nitrogens with one attached hydrogen (secondary N) is 1. The predicted molar refractivity (Wildman–Crippen MR) is 95.6 cm³/mol. The Labute approximate surface area is 146 Å². The van der Waals surface area contributed by atoms with E-state index in [2.05, 4.69) is 10.3 Å². The number of thiazole rings is 1. The van der Waals surface area contributed by atoms with Crippen LogP contribution in [-0.2, 0) is 11.2 Å². The molecule has 2 N–H and O–H groups in total. The van der Waals surface area contributed by atoms with Crippen molar-refractivity contribution in [2.45, 2.75) is 6.42 Å². The highest BCUT2D eigenvalue weighted by atomic mass is 32.1. The van der Waals surface area contributed by atoms with Crippen molar-refractivity contribution in [2.75, 3.05) is 11.9 Å². The molecule has 24 heavy (non-hydrogen) atoms. The number of ketones is 1. The Morgan fingerprint density at radius 2 is 1.92 bits per heavy atom. The number of hydrogen-bond acceptors (Lipinski definition) is 6. The molecule has 3 rings (SSSR count). The Morgan fingerprint density at radius 1 is 1.12 bits per heavy atom. The van der Waals surface area contributed by atoms with Gasteiger partial charge in [0.25, 0.3) is 0 Å². The zero-order valence-electron chi connectivity index (χ0n) is 12.6. The van der Waals surface area contributed by atoms with Crippen molar-refractivity contribution in [2.24, 2.45) is 0 Å². The van der Waals surface area contributed by atoms with Crippen LogP contribution in [0.15, 0.2) is 47.8 Å². The lowest BCUT2D eigenvalue weighted by Crippen LogP contribution is -2.14. The van der Waals surface area contributed by atoms with Gasteiger partial charge in [0, 0.05) is 5.38 Å². The van der Waals surface area contributed by atoms with Gasteiger partial charge in [0.05, 0.1) is 21.9 Å². The Bertz CT molecular complexity index is 856. The number of nitrogens with zero attached hydrogens (tertiary/aromatic N) is 1. The van der Waals surface area contributed by atoms with Crippen molar-refractivity contribution < 1.29 is 14.7 Å². The molecule has 3 aromatic rings. The molecule has 0 aliphatic rings. The number of anilines is 1. The van der Waals surface area contributed by atoms with E-state index in [1.54, 1.807) is 12.1 Å². The number of aromatic nitrogens is 1. The van der Waals surface area contributed by atoms with E-state index in [4.69, 9.17) is 5.11 Å². The van der Waals surface area contributed by atoms with E-state index in [1.165, 1.54) is 22.7 Å². The molecule has 5 nitrogen and oxygen atoms in total. The Morgan fingerprint density at radius 3 is 2.67 bits per heavy atom. The first-order valence-electron chi connectivity index (χ1n) is 7.19. The quantitative estimate of drug-likeness (QED) is 0.663. The number of hydrogen-bond donors (Lipinski definition) is 2. The Kier molecular flexibility index (Phi) is 5.14. The number of carbonyl (C=O) groups excluding carboxylic acids is 2. The third-order valence-corrected chi connectivity index (χ3v) is 5.14. The summed E-state index contributed by atoms with van der Waals surface area (Å²) >= 11 is 2.61. The molecule has 1 amide bonds. The lowest BCUT2D eigenvalue weighted by Gasteiger charge is -2.01. The highest BCUT2D eigenvalue weighted by Gasteiger charge is 2.13. The summed E-state index contributed by atoms with van der Waals surface area (Å²) in [5.74, 6) is -0.428. The minimum absolute atomic E-state index is 0.121. The van der Waals surface area contributed by atoms with Gasteiger partial charge in [-0.1, -0.05) is 30.3 Å². The topological polar surface area (TPSA) is 79.3 Å². The third kappa shape index (κ3) is 3.94. The van der Waals surface area contributed by atoms with Crippen LogP contribution in [0.3, 0.4) is 0 Å². The fourth-order valence-electron chi connectivity index (χ4n) is 2.09. The normalized spacial score (nSPS) is 10.5. The molecule has 0 unspecified atom stereocenters. The molecule has 0 radical (unpaired) electrons. The monoisotopic (exact) mass is 358 g/mol. The predicted octanol–water partition coefficient (Wildman–Crippen LogP) is 3.23. The summed E-state index contributed by atoms with van der Waals surface area (Å²) in [5, 5.41) is 14.0. The maximum Gasteiger partial charge on any atom is 0.230 e. The Balaban J connectivity index is 1.66. The molecule has 0 atom stereocenters. The van der Waals surface area contributed by atoms with Crippen LogP contribution in [0.2, 0.25) is 0 Å². The molecular weight excluding hydrogens is 344 g/mol. The van der Waals surface area contributed by atoms with Crippen LogP contribution in [0.5, 0.6) is 0 Å². The molecule has 0 aliphatic carbocycles. The van der Waals surface area contributed by atoms with Gasteiger partial charge in [0.1, 0.15) is 6.61 Å². The largest absolute Gasteiger partial charge is 0.388 e. The molecule has 2 heterocycles. The second-order valence-electron chi connectivity index (χ2n) is 4.99. The summed E-state index contributed by atoms with van der Waals surface area (Å²) in [7, 11) is 0. The van der Waals surface area contributed by atoms with Crippen LogP contribution < -0.4 is 5.32 Å². The van der Waals surface area contributed by atoms with Crippen LogP contribution in [-0.4, -0.2) is 28.4 Å². The number of thiophene rings is 1. The van der Waals surface area contributed by atoms with E-state index in [0.717, 1.165) is 10.4 Å². The molecule has 0 aliphatic heterocycles. The lowest BCUT2D eigenvalue weighted by atomic mass is 10.1. The highest BCUT2D eigenvalue weighted by molar-refractivity contribution is 7.18. The number of benzene rings is 1. The van der Waals surface area contributed by atoms with E-state index < -0.39 is 6.61 Å². The van der Waals surface area contributed by atoms with E-state index in [1.807, 2.05) is 35.7 Å². The number of rotatable bonds is 6. The van der Waals surface area contributed by atoms with Crippen molar-refractivity contribution >= 4 is 39.5 Å². The first kappa shape index (κ1) is 16.5. The summed E-state index contributed by atoms with van der Waals surface area (Å²) in [6.07, 6.45) is 0.296. The van der Waals surface area contributed by atoms with Gasteiger partial charge < -0.3 is 10.4 Å². The Hall–Kier alpha value is -2.35. The second kappa shape index (κ2) is 7.48. The molecule has 2 aromatic heterocycles. The van der Waals surface area contributed by atoms with E-state index in [-0.39, 0.29) is 11.7 Å². The summed E-state index contributed by atoms with van der Waals surface area (Å²) in [4.78, 5) is 29.2. The fraction of sp³-hybridized carbons (Fsp3) is 0.118. The van der Waals surface area contributed by atoms with Crippen LogP contribution in [0, 0.1) is 0 Å². The number of aliphatic hydroxyl groups excluding tert-OH is 1. The van der Waals surface area contributed by atoms with Crippen LogP contribution in [0.1, 0.15) is 15.2 Å². The van der Waals surface area contributed by atoms with Crippen molar-refractivity contribution in [1.82, 2.24) is 4.98 Å². The maximum atomic E-state index is 12.0. The number of aliphatic hydroxyl groups is 1. The fourth-order valence-corrected chi connectivity index (χ4v) is 3.79. The van der Waals surface area contributed by atoms with Crippen molar-refractivity contribution in [3.8, 4) is 10.6 Å². The number of Topliss-reactive ketones (excluding diaryl/α,β-unsaturated/α-hetero) is 1. The van der Waals surface area contributed by atoms with Crippen molar-refractivity contribution in [3.63, 3.8) is 0 Å². The number of amides is 1. The minimum Gasteiger partial charge on any atom is -0.388 e. The SMILES string of the molecule is O=C(Cc1ccccc1)Nc1nc(-c2ccc(C(=O)CO)s2)cs1. The summed E-state index contributed by atoms with van der Waals surface area (Å²) in [6.45, 7) is -0.502. The lowest BCUT2D eigenvalue weighted by molar-refractivity contribution is -0.115. The maximum absolute atomic E-state index is 12.0. The summed E-state index contributed by atoms with van der Waals surface area (Å²) in [5.41, 5.74) is 1.65. The zero-order chi connectivity index (χ0) is 16.9. The highest BCUT2D eigenvalue weighted by Crippen LogP contribution is 2.31. The zero-order valence-corrected chi connectivity index (χ0v) is 14.2. The van der Waals surface area contributed by atoms with Gasteiger partial charge in [-0.15, -0.1) is 22.7 Å². The van der Waals surface area contributed by atoms with Gasteiger partial charge >= 0.3 is 0 Å². The van der Waals surface area contributed by atoms with Gasteiger partial charge in [0.15, 0.2) is 10.9 Å². The van der Waals surface area contributed by atoms with Gasteiger partial charge in [-0.2, -0.15) is 0 Å². The summed E-state index contributed by atoms with van der Waals surface area (Å²) in [6, 6.07) is 13.0. The van der Waals surface area contributed by atoms with E-state index >= 15 is 0 Å². The molecule has 0 saturated heterocycles. The van der Waals surface area contributed by atoms with Crippen LogP contribution in [0.4, 0.5) is 5.13 Å². The van der Waals surface area contributed by atoms with Gasteiger partial charge in [0.2, 0.25) is 5.91 Å². The van der Waals surface area contributed by atoms with Crippen LogP contribution >= 0.6 is 22.7 Å². The van der Waals surface area contributed by atoms with E-state index in [9.17, 15) is 9.59 Å². The smallest absolute Gasteiger partial charge is 0.230 e. The minimum atomic E-state index is -0.502. The standard InChI is InChI=1S/C17H14N2O3S2/c20-9-13(21)15-7-6-14(24-15)12-10-23-17(18-12)19-16(22)8-11-4-2-1-3-5-11/h1-7,10,20H,8-9H2,(H,18,19,22). The number of carbonyl (C=O) groups is 2. The first-order chi connectivity index (χ1) is 11.7. The van der Waals surface area contributed by atoms with Gasteiger partial charge in [-0.25, -0.2) is 4.98 Å². The molecular formula is C17H14N2O3S2. The molecule has 0 bridgehead atoms. The first-order valence-corrected chi connectivity index (χ1v) is 8.89. The van der Waals surface area contributed by atoms with Crippen molar-refractivity contribution in [3.05, 3.63) is 58.3 Å². The van der Waals surface area contributed by atoms with Crippen LogP contribution in [0.25, 0.3) is 10.6 Å². The molecule has 0 fully saturated rings. The summed E-state index contributed by atoms with van der Waals surface area (Å²) < 4.78 is 0. The molecule has 7 heteroatoms. The van der Waals surface area contributed by atoms with Gasteiger partial charge in [-0.05, 0) is 17.7 Å². The second-order valence-corrected chi connectivity index (χ2v) is 6.94. The molecule has 0 saturated carbocycles.